The highest BCUT2D eigenvalue weighted by Gasteiger charge is 2.26. The van der Waals surface area contributed by atoms with Gasteiger partial charge in [0.2, 0.25) is 15.9 Å². The Morgan fingerprint density at radius 1 is 1.21 bits per heavy atom. The molecule has 158 valence electrons. The van der Waals surface area contributed by atoms with Crippen LogP contribution >= 0.6 is 0 Å². The number of aromatic nitrogens is 2. The lowest BCUT2D eigenvalue weighted by molar-refractivity contribution is -0.125. The molecule has 1 aromatic carbocycles. The molecule has 10 nitrogen and oxygen atoms in total. The Hall–Kier alpha value is -2.66. The number of amides is 1. The van der Waals surface area contributed by atoms with E-state index in [-0.39, 0.29) is 24.1 Å². The van der Waals surface area contributed by atoms with Crippen molar-refractivity contribution in [2.75, 3.05) is 44.5 Å². The highest BCUT2D eigenvalue weighted by molar-refractivity contribution is 7.89. The van der Waals surface area contributed by atoms with Gasteiger partial charge < -0.3 is 19.7 Å². The summed E-state index contributed by atoms with van der Waals surface area (Å²) in [4.78, 5) is 23.4. The van der Waals surface area contributed by atoms with E-state index in [1.54, 1.807) is 32.5 Å². The first kappa shape index (κ1) is 21.1. The summed E-state index contributed by atoms with van der Waals surface area (Å²) >= 11 is 0. The van der Waals surface area contributed by atoms with Crippen LogP contribution < -0.4 is 24.8 Å². The highest BCUT2D eigenvalue weighted by Crippen LogP contribution is 2.31. The molecule has 0 spiro atoms. The van der Waals surface area contributed by atoms with Crippen molar-refractivity contribution in [2.45, 2.75) is 12.8 Å². The summed E-state index contributed by atoms with van der Waals surface area (Å²) < 4.78 is 32.5. The number of methoxy groups -OCH3 is 2. The van der Waals surface area contributed by atoms with Gasteiger partial charge in [0.25, 0.3) is 0 Å². The van der Waals surface area contributed by atoms with Crippen LogP contribution in [0, 0.1) is 5.92 Å². The minimum Gasteiger partial charge on any atom is -0.493 e. The Kier molecular flexibility index (Phi) is 6.38. The smallest absolute Gasteiger partial charge is 0.223 e. The zero-order valence-corrected chi connectivity index (χ0v) is 17.2. The summed E-state index contributed by atoms with van der Waals surface area (Å²) in [6, 6.07) is 3.57. The van der Waals surface area contributed by atoms with Gasteiger partial charge in [0.15, 0.2) is 11.5 Å². The summed E-state index contributed by atoms with van der Waals surface area (Å²) in [5.74, 6) is 1.34. The molecule has 0 atom stereocenters. The van der Waals surface area contributed by atoms with Crippen molar-refractivity contribution in [1.82, 2.24) is 15.3 Å². The van der Waals surface area contributed by atoms with E-state index in [9.17, 15) is 13.2 Å². The van der Waals surface area contributed by atoms with Crippen molar-refractivity contribution in [1.29, 1.82) is 0 Å². The van der Waals surface area contributed by atoms with Gasteiger partial charge in [0.05, 0.1) is 37.2 Å². The normalized spacial score (nSPS) is 15.3. The number of hydrogen-bond acceptors (Lipinski definition) is 8. The SMILES string of the molecule is COc1cc2ncc(N3CCC(C(=O)NCCS(N)(=O)=O)CC3)nc2cc1OC. The Morgan fingerprint density at radius 3 is 2.41 bits per heavy atom. The molecule has 1 saturated heterocycles. The number of carbonyl (C=O) groups is 1. The van der Waals surface area contributed by atoms with Gasteiger partial charge in [0, 0.05) is 37.7 Å². The molecule has 29 heavy (non-hydrogen) atoms. The number of fused-ring (bicyclic) bond motifs is 1. The lowest BCUT2D eigenvalue weighted by Gasteiger charge is -2.32. The number of hydrogen-bond donors (Lipinski definition) is 2. The van der Waals surface area contributed by atoms with E-state index < -0.39 is 10.0 Å². The number of carbonyl (C=O) groups excluding carboxylic acids is 1. The molecular formula is C18H25N5O5S. The van der Waals surface area contributed by atoms with Crippen LogP contribution in [0.25, 0.3) is 11.0 Å². The first-order valence-electron chi connectivity index (χ1n) is 9.22. The van der Waals surface area contributed by atoms with Gasteiger partial charge in [-0.15, -0.1) is 0 Å². The van der Waals surface area contributed by atoms with E-state index in [1.807, 2.05) is 0 Å². The van der Waals surface area contributed by atoms with Crippen molar-refractivity contribution in [2.24, 2.45) is 11.1 Å². The average Bonchev–Trinajstić information content (AvgIpc) is 2.71. The molecule has 0 unspecified atom stereocenters. The van der Waals surface area contributed by atoms with Crippen LogP contribution in [0.15, 0.2) is 18.3 Å². The van der Waals surface area contributed by atoms with Gasteiger partial charge in [-0.1, -0.05) is 0 Å². The summed E-state index contributed by atoms with van der Waals surface area (Å²) in [6.45, 7) is 1.33. The lowest BCUT2D eigenvalue weighted by atomic mass is 9.96. The molecule has 0 radical (unpaired) electrons. The van der Waals surface area contributed by atoms with Gasteiger partial charge in [-0.05, 0) is 12.8 Å². The van der Waals surface area contributed by atoms with Gasteiger partial charge in [-0.2, -0.15) is 0 Å². The monoisotopic (exact) mass is 423 g/mol. The third kappa shape index (κ3) is 5.24. The summed E-state index contributed by atoms with van der Waals surface area (Å²) in [5, 5.41) is 7.58. The highest BCUT2D eigenvalue weighted by atomic mass is 32.2. The molecule has 3 N–H and O–H groups in total. The first-order chi connectivity index (χ1) is 13.8. The number of nitrogens with one attached hydrogen (secondary N) is 1. The van der Waals surface area contributed by atoms with Crippen molar-refractivity contribution in [3.8, 4) is 11.5 Å². The molecule has 1 aliphatic rings. The number of benzene rings is 1. The minimum absolute atomic E-state index is 0.0271. The van der Waals surface area contributed by atoms with E-state index in [2.05, 4.69) is 20.2 Å². The molecule has 0 bridgehead atoms. The number of piperidine rings is 1. The molecule has 1 aliphatic heterocycles. The number of nitrogens with two attached hydrogens (primary N) is 1. The summed E-state index contributed by atoms with van der Waals surface area (Å²) in [6.07, 6.45) is 3.00. The summed E-state index contributed by atoms with van der Waals surface area (Å²) in [5.41, 5.74) is 1.40. The number of nitrogens with zero attached hydrogens (tertiary/aromatic N) is 3. The van der Waals surface area contributed by atoms with Crippen LogP contribution in [0.2, 0.25) is 0 Å². The third-order valence-corrected chi connectivity index (χ3v) is 5.68. The number of sulfonamides is 1. The maximum atomic E-state index is 12.2. The average molecular weight is 423 g/mol. The van der Waals surface area contributed by atoms with Gasteiger partial charge in [-0.3, -0.25) is 9.78 Å². The zero-order chi connectivity index (χ0) is 21.0. The molecular weight excluding hydrogens is 398 g/mol. The van der Waals surface area contributed by atoms with Crippen molar-refractivity contribution < 1.29 is 22.7 Å². The molecule has 1 aromatic heterocycles. The fourth-order valence-corrected chi connectivity index (χ4v) is 3.70. The van der Waals surface area contributed by atoms with E-state index in [0.29, 0.717) is 48.5 Å². The molecule has 2 heterocycles. The van der Waals surface area contributed by atoms with E-state index in [4.69, 9.17) is 14.6 Å². The number of ether oxygens (including phenoxy) is 2. The largest absolute Gasteiger partial charge is 0.493 e. The third-order valence-electron chi connectivity index (χ3n) is 4.91. The lowest BCUT2D eigenvalue weighted by Crippen LogP contribution is -2.42. The van der Waals surface area contributed by atoms with Gasteiger partial charge >= 0.3 is 0 Å². The maximum absolute atomic E-state index is 12.2. The molecule has 3 rings (SSSR count). The molecule has 2 aromatic rings. The van der Waals surface area contributed by atoms with E-state index in [1.165, 1.54) is 0 Å². The van der Waals surface area contributed by atoms with Crippen molar-refractivity contribution in [3.05, 3.63) is 18.3 Å². The first-order valence-corrected chi connectivity index (χ1v) is 10.9. The molecule has 0 aliphatic carbocycles. The zero-order valence-electron chi connectivity index (χ0n) is 16.4. The molecule has 11 heteroatoms. The molecule has 1 amide bonds. The standard InChI is InChI=1S/C18H25N5O5S/c1-27-15-9-13-14(10-16(15)28-2)22-17(11-21-13)23-6-3-12(4-7-23)18(24)20-5-8-29(19,25)26/h9-12H,3-8H2,1-2H3,(H,20,24)(H2,19,25,26). The van der Waals surface area contributed by atoms with Gasteiger partial charge in [-0.25, -0.2) is 18.5 Å². The minimum atomic E-state index is -3.58. The van der Waals surface area contributed by atoms with E-state index in [0.717, 1.165) is 5.82 Å². The fourth-order valence-electron chi connectivity index (χ4n) is 3.31. The number of rotatable bonds is 7. The maximum Gasteiger partial charge on any atom is 0.223 e. The number of primary sulfonamides is 1. The van der Waals surface area contributed by atoms with Crippen LogP contribution in [0.5, 0.6) is 11.5 Å². The Labute approximate surface area is 169 Å². The van der Waals surface area contributed by atoms with Gasteiger partial charge in [0.1, 0.15) is 5.82 Å². The predicted molar refractivity (Wildman–Crippen MR) is 109 cm³/mol. The number of anilines is 1. The van der Waals surface area contributed by atoms with Crippen molar-refractivity contribution >= 4 is 32.8 Å². The van der Waals surface area contributed by atoms with Crippen LogP contribution in [-0.4, -0.2) is 63.9 Å². The fraction of sp³-hybridized carbons (Fsp3) is 0.500. The molecule has 0 saturated carbocycles. The van der Waals surface area contributed by atoms with Crippen LogP contribution in [0.1, 0.15) is 12.8 Å². The quantitative estimate of drug-likeness (QED) is 0.647. The summed E-state index contributed by atoms with van der Waals surface area (Å²) in [7, 11) is -0.438. The molecule has 1 fully saturated rings. The van der Waals surface area contributed by atoms with Crippen LogP contribution in [0.4, 0.5) is 5.82 Å². The Morgan fingerprint density at radius 2 is 1.83 bits per heavy atom. The second kappa shape index (κ2) is 8.78. The predicted octanol–water partition coefficient (Wildman–Crippen LogP) is 0.268. The Bertz CT molecular complexity index is 990. The topological polar surface area (TPSA) is 137 Å². The Balaban J connectivity index is 1.63. The second-order valence-corrected chi connectivity index (χ2v) is 8.58. The van der Waals surface area contributed by atoms with Crippen LogP contribution in [-0.2, 0) is 14.8 Å². The van der Waals surface area contributed by atoms with Crippen LogP contribution in [0.3, 0.4) is 0 Å². The van der Waals surface area contributed by atoms with Crippen molar-refractivity contribution in [3.63, 3.8) is 0 Å². The van der Waals surface area contributed by atoms with E-state index >= 15 is 0 Å². The second-order valence-electron chi connectivity index (χ2n) is 6.84.